The zero-order valence-electron chi connectivity index (χ0n) is 14.2. The Morgan fingerprint density at radius 3 is 2.50 bits per heavy atom. The van der Waals surface area contributed by atoms with E-state index in [0.29, 0.717) is 17.2 Å². The number of carbonyl (C=O) groups excluding carboxylic acids is 1. The zero-order valence-corrected chi connectivity index (χ0v) is 15.7. The highest BCUT2D eigenvalue weighted by Crippen LogP contribution is 2.25. The minimum Gasteiger partial charge on any atom is -0.328 e. The van der Waals surface area contributed by atoms with Crippen LogP contribution in [0.3, 0.4) is 0 Å². The van der Waals surface area contributed by atoms with Crippen molar-refractivity contribution in [3.8, 4) is 0 Å². The quantitative estimate of drug-likeness (QED) is 0.533. The Balaban J connectivity index is 1.86. The Morgan fingerprint density at radius 2 is 1.79 bits per heavy atom. The average Bonchev–Trinajstić information content (AvgIpc) is 2.64. The number of H-pyrrole nitrogens is 1. The van der Waals surface area contributed by atoms with E-state index in [0.717, 1.165) is 12.1 Å². The molecule has 0 atom stereocenters. The maximum absolute atomic E-state index is 13.7. The van der Waals surface area contributed by atoms with E-state index in [1.807, 2.05) is 0 Å². The van der Waals surface area contributed by atoms with Crippen LogP contribution in [-0.2, 0) is 6.42 Å². The van der Waals surface area contributed by atoms with Crippen molar-refractivity contribution in [2.24, 2.45) is 0 Å². The van der Waals surface area contributed by atoms with Gasteiger partial charge in [-0.05, 0) is 51.3 Å². The number of pyridine rings is 1. The highest BCUT2D eigenvalue weighted by atomic mass is 79.9. The molecule has 0 aliphatic rings. The molecule has 2 amide bonds. The first-order valence-electron chi connectivity index (χ1n) is 8.01. The number of benzene rings is 2. The van der Waals surface area contributed by atoms with Gasteiger partial charge in [-0.2, -0.15) is 0 Å². The Kier molecular flexibility index (Phi) is 5.84. The summed E-state index contributed by atoms with van der Waals surface area (Å²) in [6, 6.07) is 7.74. The first-order chi connectivity index (χ1) is 13.3. The molecule has 0 aliphatic carbocycles. The molecule has 3 rings (SSSR count). The Labute approximate surface area is 165 Å². The second kappa shape index (κ2) is 8.30. The molecule has 0 saturated carbocycles. The van der Waals surface area contributed by atoms with Crippen LogP contribution in [0.15, 0.2) is 57.9 Å². The van der Waals surface area contributed by atoms with Gasteiger partial charge in [-0.3, -0.25) is 4.79 Å². The van der Waals surface area contributed by atoms with Crippen molar-refractivity contribution in [1.82, 2.24) is 4.98 Å². The van der Waals surface area contributed by atoms with Crippen LogP contribution in [0.1, 0.15) is 11.1 Å². The van der Waals surface area contributed by atoms with Gasteiger partial charge < -0.3 is 15.6 Å². The van der Waals surface area contributed by atoms with Crippen LogP contribution in [-0.4, -0.2) is 11.0 Å². The summed E-state index contributed by atoms with van der Waals surface area (Å²) in [7, 11) is 0. The van der Waals surface area contributed by atoms with Gasteiger partial charge in [0.1, 0.15) is 21.9 Å². The van der Waals surface area contributed by atoms with E-state index in [4.69, 9.17) is 0 Å². The number of halogens is 4. The molecule has 0 saturated heterocycles. The minimum absolute atomic E-state index is 0.0520. The van der Waals surface area contributed by atoms with Crippen LogP contribution in [0.2, 0.25) is 0 Å². The third-order valence-corrected chi connectivity index (χ3v) is 4.58. The van der Waals surface area contributed by atoms with Crippen LogP contribution < -0.4 is 16.2 Å². The van der Waals surface area contributed by atoms with Gasteiger partial charge in [0.05, 0.1) is 11.4 Å². The van der Waals surface area contributed by atoms with Crippen molar-refractivity contribution in [3.63, 3.8) is 0 Å². The summed E-state index contributed by atoms with van der Waals surface area (Å²) in [5.74, 6) is -2.14. The van der Waals surface area contributed by atoms with E-state index in [-0.39, 0.29) is 22.3 Å². The molecule has 0 fully saturated rings. The van der Waals surface area contributed by atoms with Gasteiger partial charge in [0.15, 0.2) is 0 Å². The average molecular weight is 452 g/mol. The monoisotopic (exact) mass is 451 g/mol. The number of aromatic nitrogens is 1. The van der Waals surface area contributed by atoms with E-state index in [9.17, 15) is 22.8 Å². The van der Waals surface area contributed by atoms with Gasteiger partial charge in [0, 0.05) is 18.7 Å². The molecule has 1 heterocycles. The Hall–Kier alpha value is -3.07. The summed E-state index contributed by atoms with van der Waals surface area (Å²) >= 11 is 3.11. The molecule has 3 aromatic rings. The smallest absolute Gasteiger partial charge is 0.323 e. The second-order valence-electron chi connectivity index (χ2n) is 5.84. The Morgan fingerprint density at radius 1 is 1.04 bits per heavy atom. The topological polar surface area (TPSA) is 74.0 Å². The molecule has 0 bridgehead atoms. The summed E-state index contributed by atoms with van der Waals surface area (Å²) in [6.45, 7) is 0. The molecule has 0 spiro atoms. The number of urea groups is 1. The minimum atomic E-state index is -0.944. The lowest BCUT2D eigenvalue weighted by Crippen LogP contribution is -2.23. The van der Waals surface area contributed by atoms with Crippen LogP contribution in [0.5, 0.6) is 0 Å². The molecule has 144 valence electrons. The lowest BCUT2D eigenvalue weighted by atomic mass is 10.1. The molecular weight excluding hydrogens is 439 g/mol. The molecule has 28 heavy (non-hydrogen) atoms. The summed E-state index contributed by atoms with van der Waals surface area (Å²) in [5.41, 5.74) is 0.532. The second-order valence-corrected chi connectivity index (χ2v) is 6.64. The first-order valence-corrected chi connectivity index (χ1v) is 8.80. The zero-order chi connectivity index (χ0) is 20.3. The van der Waals surface area contributed by atoms with Crippen molar-refractivity contribution in [1.29, 1.82) is 0 Å². The Bertz CT molecular complexity index is 1100. The third kappa shape index (κ3) is 4.61. The number of anilines is 2. The largest absolute Gasteiger partial charge is 0.328 e. The fourth-order valence-electron chi connectivity index (χ4n) is 2.54. The summed E-state index contributed by atoms with van der Waals surface area (Å²) < 4.78 is 40.2. The van der Waals surface area contributed by atoms with Crippen molar-refractivity contribution < 1.29 is 18.0 Å². The van der Waals surface area contributed by atoms with E-state index in [1.165, 1.54) is 18.3 Å². The number of aromatic amines is 1. The molecule has 0 aliphatic heterocycles. The van der Waals surface area contributed by atoms with Gasteiger partial charge in [0.2, 0.25) is 0 Å². The molecule has 0 unspecified atom stereocenters. The van der Waals surface area contributed by atoms with E-state index < -0.39 is 29.0 Å². The van der Waals surface area contributed by atoms with Crippen LogP contribution >= 0.6 is 15.9 Å². The van der Waals surface area contributed by atoms with Crippen LogP contribution in [0.25, 0.3) is 0 Å². The maximum atomic E-state index is 13.7. The van der Waals surface area contributed by atoms with Gasteiger partial charge in [-0.15, -0.1) is 0 Å². The SMILES string of the molecule is O=C(Nc1ccc(F)cc1F)Nc1c(Cc2cccc(F)c2)c[nH]c(=O)c1Br. The summed E-state index contributed by atoms with van der Waals surface area (Å²) in [4.78, 5) is 26.7. The molecule has 5 nitrogen and oxygen atoms in total. The number of hydrogen-bond donors (Lipinski definition) is 3. The molecule has 9 heteroatoms. The standard InChI is InChI=1S/C19H13BrF3N3O2/c20-16-17(26-19(28)25-15-5-4-13(22)8-14(15)23)11(9-24-18(16)27)6-10-2-1-3-12(21)7-10/h1-5,7-9H,6H2,(H3,24,25,26,27,28). The molecule has 1 aromatic heterocycles. The lowest BCUT2D eigenvalue weighted by Gasteiger charge is -2.14. The fourth-order valence-corrected chi connectivity index (χ4v) is 3.01. The third-order valence-electron chi connectivity index (χ3n) is 3.82. The number of carbonyl (C=O) groups is 1. The number of amides is 2. The summed E-state index contributed by atoms with van der Waals surface area (Å²) in [5, 5.41) is 4.72. The van der Waals surface area contributed by atoms with E-state index in [1.54, 1.807) is 12.1 Å². The van der Waals surface area contributed by atoms with Crippen molar-refractivity contribution in [2.75, 3.05) is 10.6 Å². The molecule has 0 radical (unpaired) electrons. The maximum Gasteiger partial charge on any atom is 0.323 e. The van der Waals surface area contributed by atoms with Crippen molar-refractivity contribution >= 4 is 33.3 Å². The number of nitrogens with one attached hydrogen (secondary N) is 3. The number of hydrogen-bond acceptors (Lipinski definition) is 2. The van der Waals surface area contributed by atoms with Crippen molar-refractivity contribution in [3.05, 3.63) is 92.1 Å². The summed E-state index contributed by atoms with van der Waals surface area (Å²) in [6.07, 6.45) is 1.61. The molecule has 2 aromatic carbocycles. The highest BCUT2D eigenvalue weighted by Gasteiger charge is 2.15. The van der Waals surface area contributed by atoms with E-state index in [2.05, 4.69) is 31.5 Å². The van der Waals surface area contributed by atoms with Crippen LogP contribution in [0.4, 0.5) is 29.3 Å². The van der Waals surface area contributed by atoms with Gasteiger partial charge in [-0.1, -0.05) is 12.1 Å². The predicted molar refractivity (Wildman–Crippen MR) is 103 cm³/mol. The predicted octanol–water partition coefficient (Wildman–Crippen LogP) is 4.79. The van der Waals surface area contributed by atoms with E-state index >= 15 is 0 Å². The van der Waals surface area contributed by atoms with Crippen LogP contribution in [0, 0.1) is 17.5 Å². The molecular formula is C19H13BrF3N3O2. The normalized spacial score (nSPS) is 10.6. The van der Waals surface area contributed by atoms with Gasteiger partial charge in [-0.25, -0.2) is 18.0 Å². The number of rotatable bonds is 4. The lowest BCUT2D eigenvalue weighted by molar-refractivity contribution is 0.262. The fraction of sp³-hybridized carbons (Fsp3) is 0.0526. The van der Waals surface area contributed by atoms with Gasteiger partial charge >= 0.3 is 6.03 Å². The first kappa shape index (κ1) is 19.7. The highest BCUT2D eigenvalue weighted by molar-refractivity contribution is 9.10. The molecule has 3 N–H and O–H groups in total. The van der Waals surface area contributed by atoms with Crippen molar-refractivity contribution in [2.45, 2.75) is 6.42 Å². The van der Waals surface area contributed by atoms with Gasteiger partial charge in [0.25, 0.3) is 5.56 Å².